The molecule has 0 bridgehead atoms. The summed E-state index contributed by atoms with van der Waals surface area (Å²) >= 11 is 0. The van der Waals surface area contributed by atoms with E-state index in [1.165, 1.54) is 0 Å². The molecule has 28 heavy (non-hydrogen) atoms. The van der Waals surface area contributed by atoms with Gasteiger partial charge in [0.25, 0.3) is 0 Å². The maximum Gasteiger partial charge on any atom is 0.407 e. The normalized spacial score (nSPS) is 13.0. The van der Waals surface area contributed by atoms with Gasteiger partial charge in [0.15, 0.2) is 0 Å². The molecule has 0 aliphatic heterocycles. The van der Waals surface area contributed by atoms with Crippen molar-refractivity contribution in [3.05, 3.63) is 70.1 Å². The second-order valence-corrected chi connectivity index (χ2v) is 6.69. The van der Waals surface area contributed by atoms with Crippen molar-refractivity contribution in [2.45, 2.75) is 38.1 Å². The molecule has 0 fully saturated rings. The topological polar surface area (TPSA) is 104 Å². The lowest BCUT2D eigenvalue weighted by Crippen LogP contribution is -2.40. The molecule has 1 atom stereocenters. The van der Waals surface area contributed by atoms with Crippen molar-refractivity contribution in [2.75, 3.05) is 6.61 Å². The van der Waals surface area contributed by atoms with E-state index in [9.17, 15) is 9.59 Å². The van der Waals surface area contributed by atoms with Gasteiger partial charge >= 0.3 is 6.09 Å². The van der Waals surface area contributed by atoms with Crippen LogP contribution in [0.4, 0.5) is 4.79 Å². The van der Waals surface area contributed by atoms with E-state index in [1.54, 1.807) is 0 Å². The maximum absolute atomic E-state index is 12.3. The van der Waals surface area contributed by atoms with Crippen LogP contribution in [0.25, 0.3) is 21.6 Å². The zero-order valence-electron chi connectivity index (χ0n) is 15.7. The molecule has 2 aromatic rings. The Balaban J connectivity index is 1.68. The molecule has 2 aromatic carbocycles. The van der Waals surface area contributed by atoms with Gasteiger partial charge in [0.05, 0.1) is 6.04 Å². The van der Waals surface area contributed by atoms with Crippen LogP contribution in [0.15, 0.2) is 53.6 Å². The zero-order chi connectivity index (χ0) is 19.9. The number of unbranched alkanes of at least 4 members (excludes halogenated alkanes) is 1. The van der Waals surface area contributed by atoms with Crippen molar-refractivity contribution >= 4 is 12.0 Å². The van der Waals surface area contributed by atoms with Crippen LogP contribution in [0, 0.1) is 0 Å². The Kier molecular flexibility index (Phi) is 6.29. The lowest BCUT2D eigenvalue weighted by molar-refractivity contribution is -0.120. The van der Waals surface area contributed by atoms with E-state index >= 15 is 0 Å². The SMILES string of the molecule is CCCC[C@H](NC(=O)OCC1c2ccccc2-c2ccccc21)C(=O)N=[N+]=[N-]. The van der Waals surface area contributed by atoms with E-state index in [2.05, 4.69) is 27.5 Å². The monoisotopic (exact) mass is 378 g/mol. The number of rotatable bonds is 7. The Morgan fingerprint density at radius 1 is 1.14 bits per heavy atom. The molecule has 0 unspecified atom stereocenters. The Labute approximate surface area is 163 Å². The number of fused-ring (bicyclic) bond motifs is 3. The number of amides is 2. The minimum absolute atomic E-state index is 0.0555. The number of hydrogen-bond donors (Lipinski definition) is 1. The summed E-state index contributed by atoms with van der Waals surface area (Å²) in [6.45, 7) is 2.14. The van der Waals surface area contributed by atoms with Gasteiger partial charge in [-0.15, -0.1) is 0 Å². The summed E-state index contributed by atoms with van der Waals surface area (Å²) in [5.41, 5.74) is 13.0. The molecule has 144 valence electrons. The fourth-order valence-corrected chi connectivity index (χ4v) is 3.56. The summed E-state index contributed by atoms with van der Waals surface area (Å²) in [6, 6.07) is 15.3. The number of ether oxygens (including phenoxy) is 1. The van der Waals surface area contributed by atoms with Gasteiger partial charge in [0.1, 0.15) is 6.61 Å². The fourth-order valence-electron chi connectivity index (χ4n) is 3.56. The molecule has 0 saturated carbocycles. The van der Waals surface area contributed by atoms with Crippen LogP contribution >= 0.6 is 0 Å². The minimum atomic E-state index is -0.869. The molecular weight excluding hydrogens is 356 g/mol. The molecule has 0 heterocycles. The number of nitrogens with one attached hydrogen (secondary N) is 1. The smallest absolute Gasteiger partial charge is 0.407 e. The van der Waals surface area contributed by atoms with Gasteiger partial charge in [0, 0.05) is 10.8 Å². The summed E-state index contributed by atoms with van der Waals surface area (Å²) in [7, 11) is 0. The highest BCUT2D eigenvalue weighted by Crippen LogP contribution is 2.44. The quantitative estimate of drug-likeness (QED) is 0.420. The van der Waals surface area contributed by atoms with Gasteiger partial charge in [-0.25, -0.2) is 4.79 Å². The highest BCUT2D eigenvalue weighted by Gasteiger charge is 2.29. The molecule has 7 heteroatoms. The maximum atomic E-state index is 12.3. The third-order valence-corrected chi connectivity index (χ3v) is 4.92. The molecule has 1 aliphatic rings. The van der Waals surface area contributed by atoms with E-state index in [1.807, 2.05) is 43.3 Å². The van der Waals surface area contributed by atoms with Gasteiger partial charge < -0.3 is 10.1 Å². The zero-order valence-corrected chi connectivity index (χ0v) is 15.7. The van der Waals surface area contributed by atoms with Crippen LogP contribution in [0.2, 0.25) is 0 Å². The van der Waals surface area contributed by atoms with Gasteiger partial charge in [-0.2, -0.15) is 0 Å². The summed E-state index contributed by atoms with van der Waals surface area (Å²) in [6.07, 6.45) is 1.29. The van der Waals surface area contributed by atoms with Crippen LogP contribution in [0.3, 0.4) is 0 Å². The third kappa shape index (κ3) is 4.15. The lowest BCUT2D eigenvalue weighted by atomic mass is 9.98. The molecule has 1 aliphatic carbocycles. The summed E-state index contributed by atoms with van der Waals surface area (Å²) in [4.78, 5) is 26.7. The average molecular weight is 378 g/mol. The first-order chi connectivity index (χ1) is 13.7. The highest BCUT2D eigenvalue weighted by molar-refractivity contribution is 5.86. The van der Waals surface area contributed by atoms with Crippen LogP contribution in [-0.4, -0.2) is 24.6 Å². The lowest BCUT2D eigenvalue weighted by Gasteiger charge is -2.18. The molecule has 1 N–H and O–H groups in total. The number of hydrogen-bond acceptors (Lipinski definition) is 3. The molecule has 7 nitrogen and oxygen atoms in total. The van der Waals surface area contributed by atoms with E-state index in [0.717, 1.165) is 35.1 Å². The largest absolute Gasteiger partial charge is 0.449 e. The first kappa shape index (κ1) is 19.5. The van der Waals surface area contributed by atoms with Crippen molar-refractivity contribution < 1.29 is 14.3 Å². The van der Waals surface area contributed by atoms with Crippen LogP contribution < -0.4 is 5.32 Å². The first-order valence-electron chi connectivity index (χ1n) is 9.36. The second-order valence-electron chi connectivity index (χ2n) is 6.69. The first-order valence-corrected chi connectivity index (χ1v) is 9.36. The predicted molar refractivity (Wildman–Crippen MR) is 106 cm³/mol. The van der Waals surface area contributed by atoms with E-state index in [0.29, 0.717) is 6.42 Å². The van der Waals surface area contributed by atoms with Gasteiger partial charge in [-0.1, -0.05) is 68.3 Å². The Morgan fingerprint density at radius 3 is 2.32 bits per heavy atom. The van der Waals surface area contributed by atoms with Crippen molar-refractivity contribution in [1.29, 1.82) is 0 Å². The van der Waals surface area contributed by atoms with Crippen molar-refractivity contribution in [3.63, 3.8) is 0 Å². The van der Waals surface area contributed by atoms with Crippen molar-refractivity contribution in [3.8, 4) is 11.1 Å². The number of nitrogens with zero attached hydrogens (tertiary/aromatic N) is 3. The minimum Gasteiger partial charge on any atom is -0.449 e. The predicted octanol–water partition coefficient (Wildman–Crippen LogP) is 4.92. The van der Waals surface area contributed by atoms with Gasteiger partial charge in [0.2, 0.25) is 5.91 Å². The average Bonchev–Trinajstić information content (AvgIpc) is 3.03. The van der Waals surface area contributed by atoms with Crippen LogP contribution in [0.5, 0.6) is 0 Å². The molecule has 0 radical (unpaired) electrons. The summed E-state index contributed by atoms with van der Waals surface area (Å²) in [5, 5.41) is 5.63. The molecule has 0 saturated heterocycles. The van der Waals surface area contributed by atoms with Crippen LogP contribution in [0.1, 0.15) is 43.2 Å². The highest BCUT2D eigenvalue weighted by atomic mass is 16.5. The Bertz CT molecular complexity index is 876. The van der Waals surface area contributed by atoms with E-state index in [-0.39, 0.29) is 12.5 Å². The van der Waals surface area contributed by atoms with Gasteiger partial charge in [-0.3, -0.25) is 4.79 Å². The Morgan fingerprint density at radius 2 is 1.75 bits per heavy atom. The number of azide groups is 1. The third-order valence-electron chi connectivity index (χ3n) is 4.92. The molecular formula is C21H22N4O3. The number of benzene rings is 2. The van der Waals surface area contributed by atoms with Crippen molar-refractivity contribution in [2.24, 2.45) is 5.11 Å². The molecule has 3 rings (SSSR count). The molecule has 0 aromatic heterocycles. The van der Waals surface area contributed by atoms with E-state index in [4.69, 9.17) is 10.3 Å². The van der Waals surface area contributed by atoms with E-state index < -0.39 is 18.0 Å². The summed E-state index contributed by atoms with van der Waals surface area (Å²) in [5.74, 6) is -0.760. The summed E-state index contributed by atoms with van der Waals surface area (Å²) < 4.78 is 5.44. The van der Waals surface area contributed by atoms with Gasteiger partial charge in [-0.05, 0) is 39.3 Å². The number of carbonyl (C=O) groups is 2. The van der Waals surface area contributed by atoms with Crippen LogP contribution in [-0.2, 0) is 9.53 Å². The Hall–Kier alpha value is -3.31. The van der Waals surface area contributed by atoms with Crippen molar-refractivity contribution in [1.82, 2.24) is 5.32 Å². The second kappa shape index (κ2) is 9.06. The molecule has 0 spiro atoms. The fraction of sp³-hybridized carbons (Fsp3) is 0.333. The number of alkyl carbamates (subject to hydrolysis) is 1. The standard InChI is InChI=1S/C21H22N4O3/c1-2-3-12-19(20(26)24-25-22)23-21(27)28-13-18-16-10-6-4-8-14(16)15-9-5-7-11-17(15)18/h4-11,18-19H,2-3,12-13H2,1H3,(H,23,27)/t19-/m0/s1. The molecule has 2 amide bonds. The number of carbonyl (C=O) groups excluding carboxylic acids is 2.